The summed E-state index contributed by atoms with van der Waals surface area (Å²) in [5, 5.41) is 3.09. The highest BCUT2D eigenvalue weighted by Crippen LogP contribution is 2.22. The molecule has 1 N–H and O–H groups in total. The maximum absolute atomic E-state index is 12.1. The van der Waals surface area contributed by atoms with Gasteiger partial charge in [-0.2, -0.15) is 0 Å². The number of methoxy groups -OCH3 is 1. The molecule has 22 heavy (non-hydrogen) atoms. The topological polar surface area (TPSA) is 38.3 Å². The van der Waals surface area contributed by atoms with Gasteiger partial charge in [-0.15, -0.1) is 11.8 Å². The van der Waals surface area contributed by atoms with E-state index in [0.717, 1.165) is 22.6 Å². The van der Waals surface area contributed by atoms with Crippen molar-refractivity contribution in [1.82, 2.24) is 5.32 Å². The lowest BCUT2D eigenvalue weighted by Crippen LogP contribution is -2.29. The lowest BCUT2D eigenvalue weighted by Gasteiger charge is -2.17. The Morgan fingerprint density at radius 2 is 1.82 bits per heavy atom. The first kappa shape index (κ1) is 16.4. The van der Waals surface area contributed by atoms with E-state index < -0.39 is 0 Å². The van der Waals surface area contributed by atoms with Crippen molar-refractivity contribution in [3.63, 3.8) is 0 Å². The third-order valence-electron chi connectivity index (χ3n) is 3.37. The molecule has 0 aliphatic rings. The van der Waals surface area contributed by atoms with Crippen LogP contribution in [-0.4, -0.2) is 18.8 Å². The Hall–Kier alpha value is -1.94. The van der Waals surface area contributed by atoms with Crippen LogP contribution >= 0.6 is 11.8 Å². The van der Waals surface area contributed by atoms with Crippen LogP contribution in [0.25, 0.3) is 0 Å². The van der Waals surface area contributed by atoms with Crippen LogP contribution in [-0.2, 0) is 4.79 Å². The van der Waals surface area contributed by atoms with Crippen molar-refractivity contribution in [2.45, 2.75) is 24.3 Å². The summed E-state index contributed by atoms with van der Waals surface area (Å²) in [5.74, 6) is 1.29. The quantitative estimate of drug-likeness (QED) is 0.783. The highest BCUT2D eigenvalue weighted by atomic mass is 32.2. The fourth-order valence-corrected chi connectivity index (χ4v) is 2.87. The minimum atomic E-state index is 0.0523. The molecule has 0 aromatic heterocycles. The zero-order chi connectivity index (χ0) is 15.8. The molecule has 4 heteroatoms. The van der Waals surface area contributed by atoms with Crippen molar-refractivity contribution in [2.75, 3.05) is 12.9 Å². The van der Waals surface area contributed by atoms with Crippen LogP contribution in [0.2, 0.25) is 0 Å². The number of carbonyl (C=O) groups excluding carboxylic acids is 1. The Balaban J connectivity index is 1.86. The smallest absolute Gasteiger partial charge is 0.230 e. The van der Waals surface area contributed by atoms with Crippen LogP contribution in [0.5, 0.6) is 5.75 Å². The van der Waals surface area contributed by atoms with Gasteiger partial charge in [0.2, 0.25) is 5.91 Å². The first-order valence-corrected chi connectivity index (χ1v) is 8.32. The number of ether oxygens (including phenoxy) is 1. The van der Waals surface area contributed by atoms with E-state index in [9.17, 15) is 4.79 Å². The van der Waals surface area contributed by atoms with Gasteiger partial charge < -0.3 is 10.1 Å². The molecule has 1 amide bonds. The monoisotopic (exact) mass is 315 g/mol. The van der Waals surface area contributed by atoms with Crippen LogP contribution in [0, 0.1) is 0 Å². The van der Waals surface area contributed by atoms with Gasteiger partial charge in [-0.05, 0) is 36.2 Å². The van der Waals surface area contributed by atoms with E-state index in [2.05, 4.69) is 12.2 Å². The lowest BCUT2D eigenvalue weighted by atomic mass is 10.0. The molecule has 0 heterocycles. The molecule has 0 bridgehead atoms. The van der Waals surface area contributed by atoms with Gasteiger partial charge in [0.1, 0.15) is 5.75 Å². The summed E-state index contributed by atoms with van der Waals surface area (Å²) >= 11 is 1.53. The molecule has 0 saturated heterocycles. The second-order valence-electron chi connectivity index (χ2n) is 4.90. The minimum absolute atomic E-state index is 0.0523. The van der Waals surface area contributed by atoms with Gasteiger partial charge in [-0.25, -0.2) is 0 Å². The normalized spacial score (nSPS) is 11.7. The van der Waals surface area contributed by atoms with E-state index in [0.29, 0.717) is 5.75 Å². The van der Waals surface area contributed by atoms with Crippen LogP contribution in [0.3, 0.4) is 0 Å². The first-order chi connectivity index (χ1) is 10.7. The molecule has 0 radical (unpaired) electrons. The number of benzene rings is 2. The predicted molar refractivity (Wildman–Crippen MR) is 91.3 cm³/mol. The first-order valence-electron chi connectivity index (χ1n) is 7.34. The number of nitrogens with one attached hydrogen (secondary N) is 1. The standard InChI is InChI=1S/C18H21NO2S/c1-3-17(14-7-5-4-6-8-14)19-18(20)13-22-16-11-9-15(21-2)10-12-16/h4-12,17H,3,13H2,1-2H3,(H,19,20)/t17-/m0/s1. The van der Waals surface area contributed by atoms with Crippen molar-refractivity contribution in [3.8, 4) is 5.75 Å². The molecule has 0 unspecified atom stereocenters. The second-order valence-corrected chi connectivity index (χ2v) is 5.95. The Labute approximate surface area is 136 Å². The van der Waals surface area contributed by atoms with Gasteiger partial charge in [-0.3, -0.25) is 4.79 Å². The van der Waals surface area contributed by atoms with Crippen molar-refractivity contribution >= 4 is 17.7 Å². The third-order valence-corrected chi connectivity index (χ3v) is 4.39. The van der Waals surface area contributed by atoms with E-state index in [1.54, 1.807) is 7.11 Å². The van der Waals surface area contributed by atoms with E-state index in [1.165, 1.54) is 11.8 Å². The van der Waals surface area contributed by atoms with Crippen molar-refractivity contribution in [3.05, 3.63) is 60.2 Å². The molecule has 0 spiro atoms. The Morgan fingerprint density at radius 3 is 2.41 bits per heavy atom. The lowest BCUT2D eigenvalue weighted by molar-refractivity contribution is -0.119. The van der Waals surface area contributed by atoms with E-state index >= 15 is 0 Å². The molecular formula is C18H21NO2S. The maximum Gasteiger partial charge on any atom is 0.230 e. The Bertz CT molecular complexity index is 584. The van der Waals surface area contributed by atoms with E-state index in [4.69, 9.17) is 4.74 Å². The molecule has 2 rings (SSSR count). The minimum Gasteiger partial charge on any atom is -0.497 e. The molecule has 0 aliphatic heterocycles. The number of carbonyl (C=O) groups is 1. The summed E-state index contributed by atoms with van der Waals surface area (Å²) in [6.45, 7) is 2.08. The number of hydrogen-bond acceptors (Lipinski definition) is 3. The second kappa shape index (κ2) is 8.49. The molecule has 0 fully saturated rings. The number of thioether (sulfide) groups is 1. The Morgan fingerprint density at radius 1 is 1.14 bits per heavy atom. The molecule has 2 aromatic rings. The van der Waals surface area contributed by atoms with Gasteiger partial charge in [0.25, 0.3) is 0 Å². The average Bonchev–Trinajstić information content (AvgIpc) is 2.59. The van der Waals surface area contributed by atoms with Gasteiger partial charge in [0.15, 0.2) is 0 Å². The van der Waals surface area contributed by atoms with Crippen molar-refractivity contribution in [1.29, 1.82) is 0 Å². The van der Waals surface area contributed by atoms with E-state index in [-0.39, 0.29) is 11.9 Å². The fraction of sp³-hybridized carbons (Fsp3) is 0.278. The molecule has 3 nitrogen and oxygen atoms in total. The summed E-state index contributed by atoms with van der Waals surface area (Å²) in [6.07, 6.45) is 0.878. The highest BCUT2D eigenvalue weighted by Gasteiger charge is 2.12. The van der Waals surface area contributed by atoms with E-state index in [1.807, 2.05) is 54.6 Å². The summed E-state index contributed by atoms with van der Waals surface area (Å²) < 4.78 is 5.12. The highest BCUT2D eigenvalue weighted by molar-refractivity contribution is 8.00. The van der Waals surface area contributed by atoms with Gasteiger partial charge in [0.05, 0.1) is 18.9 Å². The molecule has 0 aliphatic carbocycles. The maximum atomic E-state index is 12.1. The zero-order valence-corrected chi connectivity index (χ0v) is 13.7. The van der Waals surface area contributed by atoms with Crippen LogP contribution < -0.4 is 10.1 Å². The zero-order valence-electron chi connectivity index (χ0n) is 12.9. The molecule has 0 saturated carbocycles. The van der Waals surface area contributed by atoms with Crippen LogP contribution in [0.15, 0.2) is 59.5 Å². The molecule has 1 atom stereocenters. The third kappa shape index (κ3) is 4.81. The number of amides is 1. The number of hydrogen-bond donors (Lipinski definition) is 1. The summed E-state index contributed by atoms with van der Waals surface area (Å²) in [5.41, 5.74) is 1.15. The average molecular weight is 315 g/mol. The molecule has 2 aromatic carbocycles. The van der Waals surface area contributed by atoms with Gasteiger partial charge in [-0.1, -0.05) is 37.3 Å². The largest absolute Gasteiger partial charge is 0.497 e. The van der Waals surface area contributed by atoms with Crippen LogP contribution in [0.1, 0.15) is 24.9 Å². The summed E-state index contributed by atoms with van der Waals surface area (Å²) in [4.78, 5) is 13.2. The Kier molecular flexibility index (Phi) is 6.34. The fourth-order valence-electron chi connectivity index (χ4n) is 2.16. The van der Waals surface area contributed by atoms with Crippen molar-refractivity contribution < 1.29 is 9.53 Å². The van der Waals surface area contributed by atoms with Gasteiger partial charge in [0, 0.05) is 4.90 Å². The predicted octanol–water partition coefficient (Wildman–Crippen LogP) is 4.05. The molecular weight excluding hydrogens is 294 g/mol. The summed E-state index contributed by atoms with van der Waals surface area (Å²) in [6, 6.07) is 17.9. The molecule has 116 valence electrons. The summed E-state index contributed by atoms with van der Waals surface area (Å²) in [7, 11) is 1.64. The number of rotatable bonds is 7. The van der Waals surface area contributed by atoms with Crippen molar-refractivity contribution in [2.24, 2.45) is 0 Å². The van der Waals surface area contributed by atoms with Crippen LogP contribution in [0.4, 0.5) is 0 Å². The van der Waals surface area contributed by atoms with Gasteiger partial charge >= 0.3 is 0 Å². The SMILES string of the molecule is CC[C@H](NC(=O)CSc1ccc(OC)cc1)c1ccccc1.